The topological polar surface area (TPSA) is 32.8 Å². The van der Waals surface area contributed by atoms with Gasteiger partial charge in [-0.15, -0.1) is 0 Å². The summed E-state index contributed by atoms with van der Waals surface area (Å²) in [6, 6.07) is 15.8. The molecule has 3 atom stereocenters. The molecule has 184 valence electrons. The lowest BCUT2D eigenvalue weighted by Crippen LogP contribution is -2.52. The SMILES string of the molecule is CCC1Cc2ccc(C(C)C(=O)OC(CN3CCN(C(F)(F)F)CC3)c3ccccc3)cc2C1. The van der Waals surface area contributed by atoms with Crippen LogP contribution in [0.4, 0.5) is 13.2 Å². The highest BCUT2D eigenvalue weighted by molar-refractivity contribution is 5.78. The van der Waals surface area contributed by atoms with Gasteiger partial charge in [-0.3, -0.25) is 9.69 Å². The molecule has 0 bridgehead atoms. The number of rotatable bonds is 7. The third kappa shape index (κ3) is 5.81. The van der Waals surface area contributed by atoms with Gasteiger partial charge in [0.05, 0.1) is 5.92 Å². The number of piperazine rings is 1. The fourth-order valence-corrected chi connectivity index (χ4v) is 4.96. The minimum atomic E-state index is -4.31. The summed E-state index contributed by atoms with van der Waals surface area (Å²) in [6.07, 6.45) is -1.54. The summed E-state index contributed by atoms with van der Waals surface area (Å²) in [5, 5.41) is 0. The molecule has 7 heteroatoms. The largest absolute Gasteiger partial charge is 0.460 e. The molecule has 1 aliphatic heterocycles. The number of esters is 1. The molecule has 34 heavy (non-hydrogen) atoms. The number of benzene rings is 2. The second-order valence-corrected chi connectivity index (χ2v) is 9.52. The van der Waals surface area contributed by atoms with Crippen LogP contribution in [0, 0.1) is 5.92 Å². The lowest BCUT2D eigenvalue weighted by Gasteiger charge is -2.37. The van der Waals surface area contributed by atoms with Crippen molar-refractivity contribution in [3.8, 4) is 0 Å². The van der Waals surface area contributed by atoms with E-state index in [1.807, 2.05) is 48.2 Å². The van der Waals surface area contributed by atoms with E-state index in [1.54, 1.807) is 0 Å². The fraction of sp³-hybridized carbons (Fsp3) is 0.519. The molecule has 2 aliphatic rings. The molecule has 0 aromatic heterocycles. The molecule has 1 fully saturated rings. The van der Waals surface area contributed by atoms with Crippen molar-refractivity contribution >= 4 is 5.97 Å². The van der Waals surface area contributed by atoms with Crippen molar-refractivity contribution in [1.82, 2.24) is 9.80 Å². The first kappa shape index (κ1) is 24.7. The van der Waals surface area contributed by atoms with E-state index >= 15 is 0 Å². The Morgan fingerprint density at radius 2 is 1.68 bits per heavy atom. The Labute approximate surface area is 199 Å². The molecule has 1 aliphatic carbocycles. The molecular weight excluding hydrogens is 441 g/mol. The van der Waals surface area contributed by atoms with Crippen LogP contribution in [0.3, 0.4) is 0 Å². The van der Waals surface area contributed by atoms with E-state index < -0.39 is 18.3 Å². The summed E-state index contributed by atoms with van der Waals surface area (Å²) < 4.78 is 44.9. The van der Waals surface area contributed by atoms with Gasteiger partial charge >= 0.3 is 12.3 Å². The van der Waals surface area contributed by atoms with Gasteiger partial charge < -0.3 is 4.74 Å². The number of alkyl halides is 3. The number of ether oxygens (including phenoxy) is 1. The predicted octanol–water partition coefficient (Wildman–Crippen LogP) is 5.34. The molecule has 3 unspecified atom stereocenters. The lowest BCUT2D eigenvalue weighted by atomic mass is 9.97. The second kappa shape index (κ2) is 10.5. The van der Waals surface area contributed by atoms with Crippen LogP contribution in [0.15, 0.2) is 48.5 Å². The Kier molecular flexibility index (Phi) is 7.63. The lowest BCUT2D eigenvalue weighted by molar-refractivity contribution is -0.252. The van der Waals surface area contributed by atoms with Gasteiger partial charge in [-0.05, 0) is 47.9 Å². The van der Waals surface area contributed by atoms with Crippen LogP contribution in [-0.4, -0.2) is 54.8 Å². The van der Waals surface area contributed by atoms with E-state index in [0.29, 0.717) is 17.4 Å². The molecule has 1 heterocycles. The molecule has 4 rings (SSSR count). The molecule has 0 radical (unpaired) electrons. The summed E-state index contributed by atoms with van der Waals surface area (Å²) in [5.74, 6) is -0.0557. The van der Waals surface area contributed by atoms with Gasteiger partial charge in [-0.25, -0.2) is 4.90 Å². The van der Waals surface area contributed by atoms with Gasteiger partial charge in [0.1, 0.15) is 6.10 Å². The van der Waals surface area contributed by atoms with E-state index in [4.69, 9.17) is 4.74 Å². The number of fused-ring (bicyclic) bond motifs is 1. The Balaban J connectivity index is 1.43. The summed E-state index contributed by atoms with van der Waals surface area (Å²) >= 11 is 0. The highest BCUT2D eigenvalue weighted by Crippen LogP contribution is 2.32. The predicted molar refractivity (Wildman–Crippen MR) is 125 cm³/mol. The van der Waals surface area contributed by atoms with E-state index in [1.165, 1.54) is 11.1 Å². The van der Waals surface area contributed by atoms with Gasteiger partial charge in [0.15, 0.2) is 0 Å². The summed E-state index contributed by atoms with van der Waals surface area (Å²) in [5.41, 5.74) is 4.50. The van der Waals surface area contributed by atoms with Crippen molar-refractivity contribution < 1.29 is 22.7 Å². The van der Waals surface area contributed by atoms with Gasteiger partial charge in [0.25, 0.3) is 0 Å². The minimum absolute atomic E-state index is 0.0801. The zero-order chi connectivity index (χ0) is 24.3. The van der Waals surface area contributed by atoms with E-state index in [9.17, 15) is 18.0 Å². The van der Waals surface area contributed by atoms with Crippen molar-refractivity contribution in [2.24, 2.45) is 5.92 Å². The second-order valence-electron chi connectivity index (χ2n) is 9.52. The molecule has 0 spiro atoms. The van der Waals surface area contributed by atoms with Crippen molar-refractivity contribution in [2.45, 2.75) is 51.4 Å². The molecule has 2 aromatic carbocycles. The molecule has 0 N–H and O–H groups in total. The Morgan fingerprint density at radius 1 is 1.00 bits per heavy atom. The molecule has 0 amide bonds. The maximum Gasteiger partial charge on any atom is 0.460 e. The Bertz CT molecular complexity index is 972. The minimum Gasteiger partial charge on any atom is -0.456 e. The van der Waals surface area contributed by atoms with Gasteiger partial charge in [0.2, 0.25) is 0 Å². The first-order valence-electron chi connectivity index (χ1n) is 12.2. The van der Waals surface area contributed by atoms with Crippen LogP contribution in [-0.2, 0) is 22.4 Å². The van der Waals surface area contributed by atoms with Crippen LogP contribution in [0.2, 0.25) is 0 Å². The Morgan fingerprint density at radius 3 is 2.32 bits per heavy atom. The van der Waals surface area contributed by atoms with Crippen molar-refractivity contribution in [2.75, 3.05) is 32.7 Å². The highest BCUT2D eigenvalue weighted by Gasteiger charge is 2.39. The van der Waals surface area contributed by atoms with Crippen LogP contribution < -0.4 is 0 Å². The third-order valence-corrected chi connectivity index (χ3v) is 7.26. The maximum absolute atomic E-state index is 13.2. The summed E-state index contributed by atoms with van der Waals surface area (Å²) in [7, 11) is 0. The van der Waals surface area contributed by atoms with Crippen molar-refractivity contribution in [1.29, 1.82) is 0 Å². The third-order valence-electron chi connectivity index (χ3n) is 7.26. The van der Waals surface area contributed by atoms with Crippen LogP contribution in [0.25, 0.3) is 0 Å². The first-order valence-corrected chi connectivity index (χ1v) is 12.2. The van der Waals surface area contributed by atoms with Crippen molar-refractivity contribution in [3.63, 3.8) is 0 Å². The molecule has 1 saturated heterocycles. The van der Waals surface area contributed by atoms with E-state index in [0.717, 1.165) is 30.4 Å². The van der Waals surface area contributed by atoms with E-state index in [2.05, 4.69) is 19.1 Å². The number of carbonyl (C=O) groups excluding carboxylic acids is 1. The normalized spacial score (nSPS) is 21.1. The van der Waals surface area contributed by atoms with Crippen LogP contribution in [0.5, 0.6) is 0 Å². The molecular formula is C27H33F3N2O2. The first-order chi connectivity index (χ1) is 16.2. The van der Waals surface area contributed by atoms with Crippen LogP contribution in [0.1, 0.15) is 54.5 Å². The number of nitrogens with zero attached hydrogens (tertiary/aromatic N) is 2. The van der Waals surface area contributed by atoms with E-state index in [-0.39, 0.29) is 32.1 Å². The molecule has 4 nitrogen and oxygen atoms in total. The number of carbonyl (C=O) groups is 1. The average Bonchev–Trinajstić information content (AvgIpc) is 3.26. The summed E-state index contributed by atoms with van der Waals surface area (Å²) in [4.78, 5) is 15.7. The maximum atomic E-state index is 13.2. The number of hydrogen-bond acceptors (Lipinski definition) is 4. The number of halogens is 3. The zero-order valence-electron chi connectivity index (χ0n) is 19.9. The van der Waals surface area contributed by atoms with Gasteiger partial charge in [-0.2, -0.15) is 13.2 Å². The average molecular weight is 475 g/mol. The fourth-order valence-electron chi connectivity index (χ4n) is 4.96. The quantitative estimate of drug-likeness (QED) is 0.401. The number of hydrogen-bond donors (Lipinski definition) is 0. The monoisotopic (exact) mass is 474 g/mol. The Hall–Kier alpha value is -2.38. The standard InChI is InChI=1S/C27H33F3N2O2/c1-3-20-15-23-10-9-22(17-24(23)16-20)19(2)26(33)34-25(21-7-5-4-6-8-21)18-31-11-13-32(14-12-31)27(28,29)30/h4-10,17,19-20,25H,3,11-16,18H2,1-2H3. The van der Waals surface area contributed by atoms with Gasteiger partial charge in [0, 0.05) is 32.7 Å². The molecule has 2 aromatic rings. The van der Waals surface area contributed by atoms with Crippen LogP contribution >= 0.6 is 0 Å². The van der Waals surface area contributed by atoms with Crippen molar-refractivity contribution in [3.05, 3.63) is 70.8 Å². The van der Waals surface area contributed by atoms with Gasteiger partial charge in [-0.1, -0.05) is 61.9 Å². The molecule has 0 saturated carbocycles. The summed E-state index contributed by atoms with van der Waals surface area (Å²) in [6.45, 7) is 4.84. The zero-order valence-corrected chi connectivity index (χ0v) is 19.9. The highest BCUT2D eigenvalue weighted by atomic mass is 19.4. The smallest absolute Gasteiger partial charge is 0.456 e.